The van der Waals surface area contributed by atoms with Crippen LogP contribution in [0.2, 0.25) is 0 Å². The summed E-state index contributed by atoms with van der Waals surface area (Å²) in [7, 11) is 0. The van der Waals surface area contributed by atoms with Crippen molar-refractivity contribution in [3.8, 4) is 0 Å². The first-order valence-corrected chi connectivity index (χ1v) is 4.53. The van der Waals surface area contributed by atoms with E-state index in [1.54, 1.807) is 6.92 Å². The van der Waals surface area contributed by atoms with E-state index in [1.165, 1.54) is 0 Å². The molecule has 0 aromatic carbocycles. The normalized spacial score (nSPS) is 27.4. The zero-order valence-corrected chi connectivity index (χ0v) is 8.50. The van der Waals surface area contributed by atoms with Crippen LogP contribution in [0.3, 0.4) is 0 Å². The van der Waals surface area contributed by atoms with Gasteiger partial charge in [-0.05, 0) is 20.8 Å². The van der Waals surface area contributed by atoms with Gasteiger partial charge < -0.3 is 14.7 Å². The highest BCUT2D eigenvalue weighted by atomic mass is 16.5. The van der Waals surface area contributed by atoms with E-state index in [-0.39, 0.29) is 18.3 Å². The predicted octanol–water partition coefficient (Wildman–Crippen LogP) is 0.455. The average molecular weight is 186 g/mol. The molecule has 0 aromatic heterocycles. The van der Waals surface area contributed by atoms with Crippen LogP contribution in [0.4, 0.5) is 0 Å². The molecule has 0 aromatic rings. The van der Waals surface area contributed by atoms with Crippen molar-refractivity contribution >= 4 is 5.84 Å². The highest BCUT2D eigenvalue weighted by Gasteiger charge is 2.33. The summed E-state index contributed by atoms with van der Waals surface area (Å²) < 4.78 is 5.62. The molecule has 4 heteroatoms. The number of morpholine rings is 1. The molecule has 0 radical (unpaired) electrons. The first kappa shape index (κ1) is 10.5. The Kier molecular flexibility index (Phi) is 2.93. The number of hydrogen-bond acceptors (Lipinski definition) is 3. The molecule has 0 aliphatic carbocycles. The SMILES string of the molecule is CC(=N)N1CC(CO)OC(C)(C)C1. The molecule has 1 fully saturated rings. The average Bonchev–Trinajstić information content (AvgIpc) is 2.01. The Morgan fingerprint density at radius 1 is 1.69 bits per heavy atom. The molecule has 13 heavy (non-hydrogen) atoms. The molecule has 1 heterocycles. The fourth-order valence-corrected chi connectivity index (χ4v) is 1.65. The van der Waals surface area contributed by atoms with E-state index >= 15 is 0 Å². The lowest BCUT2D eigenvalue weighted by atomic mass is 10.1. The van der Waals surface area contributed by atoms with Crippen molar-refractivity contribution in [3.05, 3.63) is 0 Å². The van der Waals surface area contributed by atoms with Crippen LogP contribution in [-0.4, -0.2) is 47.2 Å². The second-order valence-electron chi connectivity index (χ2n) is 4.15. The van der Waals surface area contributed by atoms with Gasteiger partial charge in [-0.25, -0.2) is 0 Å². The summed E-state index contributed by atoms with van der Waals surface area (Å²) in [6.45, 7) is 7.08. The maximum Gasteiger partial charge on any atom is 0.0988 e. The summed E-state index contributed by atoms with van der Waals surface area (Å²) in [5.41, 5.74) is -0.270. The molecule has 1 saturated heterocycles. The van der Waals surface area contributed by atoms with E-state index in [2.05, 4.69) is 0 Å². The number of aliphatic hydroxyl groups excluding tert-OH is 1. The van der Waals surface area contributed by atoms with E-state index in [4.69, 9.17) is 15.3 Å². The van der Waals surface area contributed by atoms with E-state index in [9.17, 15) is 0 Å². The molecule has 0 bridgehead atoms. The predicted molar refractivity (Wildman–Crippen MR) is 51.0 cm³/mol. The molecular weight excluding hydrogens is 168 g/mol. The lowest BCUT2D eigenvalue weighted by Gasteiger charge is -2.42. The van der Waals surface area contributed by atoms with Crippen molar-refractivity contribution < 1.29 is 9.84 Å². The summed E-state index contributed by atoms with van der Waals surface area (Å²) in [5.74, 6) is 0.537. The highest BCUT2D eigenvalue weighted by molar-refractivity contribution is 5.76. The van der Waals surface area contributed by atoms with Crippen molar-refractivity contribution in [1.29, 1.82) is 5.41 Å². The molecule has 1 unspecified atom stereocenters. The van der Waals surface area contributed by atoms with E-state index in [1.807, 2.05) is 18.7 Å². The second kappa shape index (κ2) is 3.64. The molecule has 76 valence electrons. The number of amidine groups is 1. The number of ether oxygens (including phenoxy) is 1. The zero-order valence-electron chi connectivity index (χ0n) is 8.50. The summed E-state index contributed by atoms with van der Waals surface area (Å²) in [5, 5.41) is 16.5. The van der Waals surface area contributed by atoms with Crippen molar-refractivity contribution in [2.75, 3.05) is 19.7 Å². The maximum atomic E-state index is 9.00. The fraction of sp³-hybridized carbons (Fsp3) is 0.889. The molecule has 1 aliphatic rings. The van der Waals surface area contributed by atoms with Crippen LogP contribution < -0.4 is 0 Å². The van der Waals surface area contributed by atoms with Crippen LogP contribution in [-0.2, 0) is 4.74 Å². The Balaban J connectivity index is 2.65. The summed E-state index contributed by atoms with van der Waals surface area (Å²) >= 11 is 0. The van der Waals surface area contributed by atoms with E-state index in [0.717, 1.165) is 6.54 Å². The molecule has 0 saturated carbocycles. The molecular formula is C9H18N2O2. The van der Waals surface area contributed by atoms with Crippen molar-refractivity contribution in [1.82, 2.24) is 4.90 Å². The molecule has 1 aliphatic heterocycles. The van der Waals surface area contributed by atoms with Gasteiger partial charge in [-0.1, -0.05) is 0 Å². The molecule has 1 atom stereocenters. The van der Waals surface area contributed by atoms with Gasteiger partial charge in [0, 0.05) is 13.1 Å². The quantitative estimate of drug-likeness (QED) is 0.462. The minimum atomic E-state index is -0.270. The van der Waals surface area contributed by atoms with E-state index in [0.29, 0.717) is 12.4 Å². The van der Waals surface area contributed by atoms with E-state index < -0.39 is 0 Å². The number of rotatable bonds is 1. The Hall–Kier alpha value is -0.610. The molecule has 0 amide bonds. The second-order valence-corrected chi connectivity index (χ2v) is 4.15. The number of aliphatic hydroxyl groups is 1. The van der Waals surface area contributed by atoms with Gasteiger partial charge in [0.1, 0.15) is 0 Å². The van der Waals surface area contributed by atoms with Crippen LogP contribution in [0.5, 0.6) is 0 Å². The van der Waals surface area contributed by atoms with Gasteiger partial charge >= 0.3 is 0 Å². The van der Waals surface area contributed by atoms with Crippen LogP contribution in [0, 0.1) is 5.41 Å². The summed E-state index contributed by atoms with van der Waals surface area (Å²) in [6.07, 6.45) is -0.163. The molecule has 4 nitrogen and oxygen atoms in total. The number of nitrogens with zero attached hydrogens (tertiary/aromatic N) is 1. The van der Waals surface area contributed by atoms with Crippen LogP contribution in [0.1, 0.15) is 20.8 Å². The molecule has 0 spiro atoms. The van der Waals surface area contributed by atoms with Gasteiger partial charge in [-0.2, -0.15) is 0 Å². The van der Waals surface area contributed by atoms with Crippen molar-refractivity contribution in [3.63, 3.8) is 0 Å². The number of nitrogens with one attached hydrogen (secondary N) is 1. The first-order valence-electron chi connectivity index (χ1n) is 4.53. The Labute approximate surface area is 79.0 Å². The summed E-state index contributed by atoms with van der Waals surface area (Å²) in [4.78, 5) is 1.93. The van der Waals surface area contributed by atoms with Gasteiger partial charge in [0.05, 0.1) is 24.1 Å². The Bertz CT molecular complexity index is 204. The van der Waals surface area contributed by atoms with Gasteiger partial charge in [0.2, 0.25) is 0 Å². The van der Waals surface area contributed by atoms with Crippen LogP contribution in [0.25, 0.3) is 0 Å². The lowest BCUT2D eigenvalue weighted by Crippen LogP contribution is -2.54. The third kappa shape index (κ3) is 2.67. The largest absolute Gasteiger partial charge is 0.394 e. The number of hydrogen-bond donors (Lipinski definition) is 2. The van der Waals surface area contributed by atoms with Crippen molar-refractivity contribution in [2.24, 2.45) is 0 Å². The fourth-order valence-electron chi connectivity index (χ4n) is 1.65. The lowest BCUT2D eigenvalue weighted by molar-refractivity contribution is -0.134. The Morgan fingerprint density at radius 2 is 2.31 bits per heavy atom. The van der Waals surface area contributed by atoms with Crippen LogP contribution >= 0.6 is 0 Å². The highest BCUT2D eigenvalue weighted by Crippen LogP contribution is 2.20. The van der Waals surface area contributed by atoms with Crippen LogP contribution in [0.15, 0.2) is 0 Å². The standard InChI is InChI=1S/C9H18N2O2/c1-7(10)11-4-8(5-12)13-9(2,3)6-11/h8,10,12H,4-6H2,1-3H3. The van der Waals surface area contributed by atoms with Gasteiger partial charge in [-0.3, -0.25) is 5.41 Å². The zero-order chi connectivity index (χ0) is 10.1. The molecule has 2 N–H and O–H groups in total. The van der Waals surface area contributed by atoms with Crippen molar-refractivity contribution in [2.45, 2.75) is 32.5 Å². The first-order chi connectivity index (χ1) is 5.94. The Morgan fingerprint density at radius 3 is 2.77 bits per heavy atom. The third-order valence-corrected chi connectivity index (χ3v) is 2.16. The topological polar surface area (TPSA) is 56.6 Å². The minimum Gasteiger partial charge on any atom is -0.394 e. The van der Waals surface area contributed by atoms with Gasteiger partial charge in [0.25, 0.3) is 0 Å². The maximum absolute atomic E-state index is 9.00. The summed E-state index contributed by atoms with van der Waals surface area (Å²) in [6, 6.07) is 0. The minimum absolute atomic E-state index is 0.0210. The molecule has 1 rings (SSSR count). The van der Waals surface area contributed by atoms with Gasteiger partial charge in [-0.15, -0.1) is 0 Å². The smallest absolute Gasteiger partial charge is 0.0988 e. The van der Waals surface area contributed by atoms with Gasteiger partial charge in [0.15, 0.2) is 0 Å². The monoisotopic (exact) mass is 186 g/mol. The third-order valence-electron chi connectivity index (χ3n) is 2.16.